The largest absolute Gasteiger partial charge is 0.343 e. The van der Waals surface area contributed by atoms with Gasteiger partial charge in [0.15, 0.2) is 0 Å². The molecule has 0 saturated heterocycles. The Morgan fingerprint density at radius 3 is 2.86 bits per heavy atom. The Morgan fingerprint density at radius 2 is 2.21 bits per heavy atom. The smallest absolute Gasteiger partial charge is 0.0511 e. The predicted octanol–water partition coefficient (Wildman–Crippen LogP) is 2.52. The molecule has 1 unspecified atom stereocenters. The number of rotatable bonds is 1. The first-order valence-corrected chi connectivity index (χ1v) is 5.43. The van der Waals surface area contributed by atoms with E-state index in [0.717, 1.165) is 6.54 Å². The van der Waals surface area contributed by atoms with E-state index in [1.807, 2.05) is 0 Å². The van der Waals surface area contributed by atoms with Crippen molar-refractivity contribution in [3.63, 3.8) is 0 Å². The van der Waals surface area contributed by atoms with Crippen LogP contribution in [0.3, 0.4) is 0 Å². The summed E-state index contributed by atoms with van der Waals surface area (Å²) in [4.78, 5) is 0. The van der Waals surface area contributed by atoms with Crippen molar-refractivity contribution in [2.75, 3.05) is 6.54 Å². The Bertz CT molecular complexity index is 323. The molecule has 0 bridgehead atoms. The fourth-order valence-corrected chi connectivity index (χ4v) is 2.33. The van der Waals surface area contributed by atoms with Gasteiger partial charge in [-0.3, -0.25) is 0 Å². The van der Waals surface area contributed by atoms with Crippen LogP contribution in [0.15, 0.2) is 18.3 Å². The molecule has 1 aromatic heterocycles. The average molecular weight is 192 g/mol. The molecule has 1 atom stereocenters. The van der Waals surface area contributed by atoms with E-state index in [9.17, 15) is 0 Å². The second kappa shape index (κ2) is 3.13. The maximum atomic E-state index is 3.63. The Hall–Kier alpha value is -0.760. The van der Waals surface area contributed by atoms with E-state index in [4.69, 9.17) is 0 Å². The highest BCUT2D eigenvalue weighted by atomic mass is 15.2. The molecule has 2 nitrogen and oxygen atoms in total. The van der Waals surface area contributed by atoms with Crippen LogP contribution in [0, 0.1) is 5.92 Å². The molecule has 1 aliphatic rings. The van der Waals surface area contributed by atoms with E-state index >= 15 is 0 Å². The van der Waals surface area contributed by atoms with Crippen molar-refractivity contribution >= 4 is 0 Å². The minimum absolute atomic E-state index is 0.213. The van der Waals surface area contributed by atoms with E-state index in [1.165, 1.54) is 5.69 Å². The zero-order chi connectivity index (χ0) is 10.3. The number of nitrogens with one attached hydrogen (secondary N) is 1. The van der Waals surface area contributed by atoms with Crippen LogP contribution in [0.2, 0.25) is 0 Å². The van der Waals surface area contributed by atoms with Gasteiger partial charge in [0.2, 0.25) is 0 Å². The van der Waals surface area contributed by atoms with Crippen molar-refractivity contribution in [1.29, 1.82) is 0 Å². The molecule has 0 spiro atoms. The van der Waals surface area contributed by atoms with Crippen LogP contribution < -0.4 is 5.32 Å². The van der Waals surface area contributed by atoms with Gasteiger partial charge in [-0.15, -0.1) is 0 Å². The maximum Gasteiger partial charge on any atom is 0.0511 e. The van der Waals surface area contributed by atoms with Gasteiger partial charge in [0.25, 0.3) is 0 Å². The lowest BCUT2D eigenvalue weighted by molar-refractivity contribution is 0.231. The summed E-state index contributed by atoms with van der Waals surface area (Å²) in [7, 11) is 0. The van der Waals surface area contributed by atoms with Crippen molar-refractivity contribution in [3.8, 4) is 0 Å². The summed E-state index contributed by atoms with van der Waals surface area (Å²) in [5.41, 5.74) is 1.64. The molecular formula is C12H20N2. The Balaban J connectivity index is 2.42. The molecule has 1 N–H and O–H groups in total. The summed E-state index contributed by atoms with van der Waals surface area (Å²) in [6.07, 6.45) is 2.20. The highest BCUT2D eigenvalue weighted by Crippen LogP contribution is 2.31. The first-order valence-electron chi connectivity index (χ1n) is 5.43. The van der Waals surface area contributed by atoms with Crippen molar-refractivity contribution < 1.29 is 0 Å². The summed E-state index contributed by atoms with van der Waals surface area (Å²) in [6.45, 7) is 10.2. The molecular weight excluding hydrogens is 172 g/mol. The van der Waals surface area contributed by atoms with Gasteiger partial charge in [-0.05, 0) is 31.9 Å². The normalized spacial score (nSPS) is 25.1. The standard InChI is InChI=1S/C12H20N2/c1-9(2)11-10-6-5-7-14(10)12(3,4)8-13-11/h5-7,9,11,13H,8H2,1-4H3. The molecule has 0 aromatic carbocycles. The van der Waals surface area contributed by atoms with E-state index in [-0.39, 0.29) is 5.54 Å². The third-order valence-corrected chi connectivity index (χ3v) is 3.17. The van der Waals surface area contributed by atoms with Crippen molar-refractivity contribution in [3.05, 3.63) is 24.0 Å². The maximum absolute atomic E-state index is 3.63. The van der Waals surface area contributed by atoms with Gasteiger partial charge in [-0.1, -0.05) is 13.8 Å². The topological polar surface area (TPSA) is 17.0 Å². The Kier molecular flexibility index (Phi) is 2.18. The van der Waals surface area contributed by atoms with Crippen LogP contribution >= 0.6 is 0 Å². The predicted molar refractivity (Wildman–Crippen MR) is 59.3 cm³/mol. The average Bonchev–Trinajstić information content (AvgIpc) is 2.52. The lowest BCUT2D eigenvalue weighted by Crippen LogP contribution is -2.47. The third-order valence-electron chi connectivity index (χ3n) is 3.17. The minimum Gasteiger partial charge on any atom is -0.343 e. The molecule has 1 aromatic rings. The quantitative estimate of drug-likeness (QED) is 0.723. The lowest BCUT2D eigenvalue weighted by atomic mass is 9.93. The molecule has 0 radical (unpaired) electrons. The molecule has 0 saturated carbocycles. The van der Waals surface area contributed by atoms with Gasteiger partial charge in [0.05, 0.1) is 5.54 Å². The summed E-state index contributed by atoms with van der Waals surface area (Å²) < 4.78 is 2.41. The van der Waals surface area contributed by atoms with E-state index < -0.39 is 0 Å². The van der Waals surface area contributed by atoms with E-state index in [1.54, 1.807) is 0 Å². The third kappa shape index (κ3) is 1.38. The number of fused-ring (bicyclic) bond motifs is 1. The molecule has 0 amide bonds. The second-order valence-electron chi connectivity index (χ2n) is 5.22. The molecule has 2 rings (SSSR count). The Morgan fingerprint density at radius 1 is 1.50 bits per heavy atom. The summed E-state index contributed by atoms with van der Waals surface area (Å²) in [5, 5.41) is 3.63. The summed E-state index contributed by atoms with van der Waals surface area (Å²) >= 11 is 0. The molecule has 0 fully saturated rings. The van der Waals surface area contributed by atoms with Crippen LogP contribution in [0.25, 0.3) is 0 Å². The Labute approximate surface area is 86.3 Å². The van der Waals surface area contributed by atoms with Gasteiger partial charge >= 0.3 is 0 Å². The van der Waals surface area contributed by atoms with Gasteiger partial charge in [-0.25, -0.2) is 0 Å². The van der Waals surface area contributed by atoms with Crippen molar-refractivity contribution in [1.82, 2.24) is 9.88 Å². The van der Waals surface area contributed by atoms with E-state index in [0.29, 0.717) is 12.0 Å². The minimum atomic E-state index is 0.213. The number of nitrogens with zero attached hydrogens (tertiary/aromatic N) is 1. The monoisotopic (exact) mass is 192 g/mol. The first kappa shape index (κ1) is 9.78. The second-order valence-corrected chi connectivity index (χ2v) is 5.22. The van der Waals surface area contributed by atoms with Crippen LogP contribution in [-0.2, 0) is 5.54 Å². The number of hydrogen-bond acceptors (Lipinski definition) is 1. The van der Waals surface area contributed by atoms with Crippen molar-refractivity contribution in [2.24, 2.45) is 5.92 Å². The highest BCUT2D eigenvalue weighted by molar-refractivity contribution is 5.18. The molecule has 14 heavy (non-hydrogen) atoms. The highest BCUT2D eigenvalue weighted by Gasteiger charge is 2.32. The number of hydrogen-bond donors (Lipinski definition) is 1. The van der Waals surface area contributed by atoms with Gasteiger partial charge in [0, 0.05) is 24.5 Å². The van der Waals surface area contributed by atoms with Crippen LogP contribution in [-0.4, -0.2) is 11.1 Å². The van der Waals surface area contributed by atoms with Crippen LogP contribution in [0.4, 0.5) is 0 Å². The van der Waals surface area contributed by atoms with Crippen molar-refractivity contribution in [2.45, 2.75) is 39.3 Å². The van der Waals surface area contributed by atoms with Gasteiger partial charge in [-0.2, -0.15) is 0 Å². The zero-order valence-corrected chi connectivity index (χ0v) is 9.54. The zero-order valence-electron chi connectivity index (χ0n) is 9.54. The SMILES string of the molecule is CC(C)C1NCC(C)(C)n2cccc21. The summed E-state index contributed by atoms with van der Waals surface area (Å²) in [6, 6.07) is 4.90. The van der Waals surface area contributed by atoms with Gasteiger partial charge in [0.1, 0.15) is 0 Å². The molecule has 2 heteroatoms. The fourth-order valence-electron chi connectivity index (χ4n) is 2.33. The van der Waals surface area contributed by atoms with E-state index in [2.05, 4.69) is 55.9 Å². The molecule has 2 heterocycles. The molecule has 78 valence electrons. The molecule has 0 aliphatic carbocycles. The van der Waals surface area contributed by atoms with Gasteiger partial charge < -0.3 is 9.88 Å². The summed E-state index contributed by atoms with van der Waals surface area (Å²) in [5.74, 6) is 0.653. The van der Waals surface area contributed by atoms with Crippen LogP contribution in [0.5, 0.6) is 0 Å². The lowest BCUT2D eigenvalue weighted by Gasteiger charge is -2.40. The van der Waals surface area contributed by atoms with Crippen LogP contribution in [0.1, 0.15) is 39.4 Å². The fraction of sp³-hybridized carbons (Fsp3) is 0.667. The number of aromatic nitrogens is 1. The molecule has 1 aliphatic heterocycles. The first-order chi connectivity index (χ1) is 6.52.